The summed E-state index contributed by atoms with van der Waals surface area (Å²) in [6, 6.07) is 9.21. The quantitative estimate of drug-likeness (QED) is 0.657. The van der Waals surface area contributed by atoms with Crippen LogP contribution in [0.1, 0.15) is 32.1 Å². The van der Waals surface area contributed by atoms with Gasteiger partial charge in [0.1, 0.15) is 11.3 Å². The van der Waals surface area contributed by atoms with Gasteiger partial charge in [0.25, 0.3) is 5.91 Å². The number of furan rings is 1. The molecule has 2 aromatic rings. The molecule has 0 radical (unpaired) electrons. The molecular formula is C17H19NO4. The molecule has 116 valence electrons. The van der Waals surface area contributed by atoms with E-state index in [1.54, 1.807) is 6.08 Å². The van der Waals surface area contributed by atoms with Crippen LogP contribution in [0.25, 0.3) is 11.0 Å². The lowest BCUT2D eigenvalue weighted by molar-refractivity contribution is -0.144. The van der Waals surface area contributed by atoms with Gasteiger partial charge < -0.3 is 14.5 Å². The van der Waals surface area contributed by atoms with E-state index in [1.165, 1.54) is 6.08 Å². The van der Waals surface area contributed by atoms with Crippen molar-refractivity contribution in [3.05, 3.63) is 48.2 Å². The molecule has 1 aromatic carbocycles. The van der Waals surface area contributed by atoms with Gasteiger partial charge in [-0.1, -0.05) is 31.2 Å². The SMILES string of the molecule is CC/C=C/C(=O)OCC(=O)N[C@H](C)c1cc2ccccc2o1. The van der Waals surface area contributed by atoms with E-state index < -0.39 is 5.97 Å². The Labute approximate surface area is 128 Å². The molecule has 1 atom stereocenters. The fraction of sp³-hybridized carbons (Fsp3) is 0.294. The fourth-order valence-electron chi connectivity index (χ4n) is 1.97. The molecule has 0 bridgehead atoms. The van der Waals surface area contributed by atoms with Crippen LogP contribution in [0.15, 0.2) is 46.9 Å². The summed E-state index contributed by atoms with van der Waals surface area (Å²) in [5, 5.41) is 3.72. The fourth-order valence-corrected chi connectivity index (χ4v) is 1.97. The number of ether oxygens (including phenoxy) is 1. The molecule has 0 aliphatic heterocycles. The summed E-state index contributed by atoms with van der Waals surface area (Å²) in [5.41, 5.74) is 0.773. The number of benzene rings is 1. The maximum absolute atomic E-state index is 11.8. The van der Waals surface area contributed by atoms with Crippen molar-refractivity contribution in [2.24, 2.45) is 0 Å². The Morgan fingerprint density at radius 3 is 2.86 bits per heavy atom. The Hall–Kier alpha value is -2.56. The van der Waals surface area contributed by atoms with E-state index >= 15 is 0 Å². The molecule has 2 rings (SSSR count). The summed E-state index contributed by atoms with van der Waals surface area (Å²) in [4.78, 5) is 23.0. The Bertz CT molecular complexity index is 654. The number of esters is 1. The third kappa shape index (κ3) is 4.22. The van der Waals surface area contributed by atoms with Crippen LogP contribution in [0.2, 0.25) is 0 Å². The zero-order valence-corrected chi connectivity index (χ0v) is 12.7. The van der Waals surface area contributed by atoms with Crippen molar-refractivity contribution < 1.29 is 18.7 Å². The summed E-state index contributed by atoms with van der Waals surface area (Å²) in [6.07, 6.45) is 3.73. The predicted octanol–water partition coefficient (Wildman–Crippen LogP) is 3.12. The van der Waals surface area contributed by atoms with E-state index in [-0.39, 0.29) is 18.6 Å². The molecule has 5 nitrogen and oxygen atoms in total. The van der Waals surface area contributed by atoms with Gasteiger partial charge >= 0.3 is 5.97 Å². The van der Waals surface area contributed by atoms with Crippen molar-refractivity contribution in [1.29, 1.82) is 0 Å². The van der Waals surface area contributed by atoms with Gasteiger partial charge in [-0.3, -0.25) is 4.79 Å². The first-order valence-electron chi connectivity index (χ1n) is 7.21. The summed E-state index contributed by atoms with van der Waals surface area (Å²) in [5.74, 6) is -0.230. The average Bonchev–Trinajstić information content (AvgIpc) is 2.95. The number of hydrogen-bond acceptors (Lipinski definition) is 4. The van der Waals surface area contributed by atoms with Crippen LogP contribution >= 0.6 is 0 Å². The first-order valence-corrected chi connectivity index (χ1v) is 7.21. The molecule has 0 aliphatic carbocycles. The summed E-state index contributed by atoms with van der Waals surface area (Å²) in [7, 11) is 0. The lowest BCUT2D eigenvalue weighted by Crippen LogP contribution is -2.30. The third-order valence-electron chi connectivity index (χ3n) is 3.08. The summed E-state index contributed by atoms with van der Waals surface area (Å²) >= 11 is 0. The van der Waals surface area contributed by atoms with E-state index in [1.807, 2.05) is 44.2 Å². The Morgan fingerprint density at radius 1 is 1.36 bits per heavy atom. The number of rotatable bonds is 6. The van der Waals surface area contributed by atoms with Crippen LogP contribution in [-0.4, -0.2) is 18.5 Å². The van der Waals surface area contributed by atoms with Gasteiger partial charge in [-0.2, -0.15) is 0 Å². The molecule has 0 unspecified atom stereocenters. The summed E-state index contributed by atoms with van der Waals surface area (Å²) in [6.45, 7) is 3.41. The minimum atomic E-state index is -0.520. The molecule has 5 heteroatoms. The number of hydrogen-bond donors (Lipinski definition) is 1. The summed E-state index contributed by atoms with van der Waals surface area (Å²) < 4.78 is 10.5. The Balaban J connectivity index is 1.88. The molecule has 0 spiro atoms. The average molecular weight is 301 g/mol. The molecule has 1 amide bonds. The number of amides is 1. The second kappa shape index (κ2) is 7.45. The first kappa shape index (κ1) is 15.8. The zero-order valence-electron chi connectivity index (χ0n) is 12.7. The van der Waals surface area contributed by atoms with Crippen molar-refractivity contribution in [2.75, 3.05) is 6.61 Å². The van der Waals surface area contributed by atoms with Gasteiger partial charge in [0.15, 0.2) is 6.61 Å². The van der Waals surface area contributed by atoms with Crippen LogP contribution < -0.4 is 5.32 Å². The Kier molecular flexibility index (Phi) is 5.36. The van der Waals surface area contributed by atoms with Crippen molar-refractivity contribution in [1.82, 2.24) is 5.32 Å². The normalized spacial score (nSPS) is 12.5. The topological polar surface area (TPSA) is 68.5 Å². The van der Waals surface area contributed by atoms with Crippen LogP contribution in [0.4, 0.5) is 0 Å². The highest BCUT2D eigenvalue weighted by atomic mass is 16.5. The molecular weight excluding hydrogens is 282 g/mol. The van der Waals surface area contributed by atoms with Crippen molar-refractivity contribution in [3.63, 3.8) is 0 Å². The molecule has 0 saturated heterocycles. The molecule has 0 fully saturated rings. The lowest BCUT2D eigenvalue weighted by atomic mass is 10.2. The molecule has 1 aromatic heterocycles. The van der Waals surface area contributed by atoms with Gasteiger partial charge in [0, 0.05) is 11.5 Å². The first-order chi connectivity index (χ1) is 10.6. The lowest BCUT2D eigenvalue weighted by Gasteiger charge is -2.11. The van der Waals surface area contributed by atoms with E-state index in [2.05, 4.69) is 5.32 Å². The molecule has 0 saturated carbocycles. The number of allylic oxidation sites excluding steroid dienone is 1. The highest BCUT2D eigenvalue weighted by Gasteiger charge is 2.14. The molecule has 1 N–H and O–H groups in total. The minimum Gasteiger partial charge on any atom is -0.459 e. The second-order valence-corrected chi connectivity index (χ2v) is 4.89. The van der Waals surface area contributed by atoms with Gasteiger partial charge in [0.05, 0.1) is 6.04 Å². The molecule has 0 aliphatic rings. The third-order valence-corrected chi connectivity index (χ3v) is 3.08. The predicted molar refractivity (Wildman–Crippen MR) is 83.2 cm³/mol. The molecule has 22 heavy (non-hydrogen) atoms. The largest absolute Gasteiger partial charge is 0.459 e. The van der Waals surface area contributed by atoms with Gasteiger partial charge in [-0.05, 0) is 25.5 Å². The Morgan fingerprint density at radius 2 is 2.14 bits per heavy atom. The number of carbonyl (C=O) groups excluding carboxylic acids is 2. The van der Waals surface area contributed by atoms with Crippen LogP contribution in [0.5, 0.6) is 0 Å². The standard InChI is InChI=1S/C17H19NO4/c1-3-4-9-17(20)21-11-16(19)18-12(2)15-10-13-7-5-6-8-14(13)22-15/h4-10,12H,3,11H2,1-2H3,(H,18,19)/b9-4+/t12-/m1/s1. The maximum atomic E-state index is 11.8. The van der Waals surface area contributed by atoms with E-state index in [0.29, 0.717) is 5.76 Å². The van der Waals surface area contributed by atoms with Gasteiger partial charge in [0.2, 0.25) is 0 Å². The van der Waals surface area contributed by atoms with Crippen molar-refractivity contribution >= 4 is 22.8 Å². The highest BCUT2D eigenvalue weighted by Crippen LogP contribution is 2.23. The van der Waals surface area contributed by atoms with Crippen LogP contribution in [-0.2, 0) is 14.3 Å². The number of para-hydroxylation sites is 1. The molecule has 1 heterocycles. The monoisotopic (exact) mass is 301 g/mol. The van der Waals surface area contributed by atoms with E-state index in [0.717, 1.165) is 17.4 Å². The number of carbonyl (C=O) groups is 2. The zero-order chi connectivity index (χ0) is 15.9. The number of fused-ring (bicyclic) bond motifs is 1. The second-order valence-electron chi connectivity index (χ2n) is 4.89. The maximum Gasteiger partial charge on any atom is 0.330 e. The van der Waals surface area contributed by atoms with Crippen LogP contribution in [0.3, 0.4) is 0 Å². The van der Waals surface area contributed by atoms with E-state index in [9.17, 15) is 9.59 Å². The van der Waals surface area contributed by atoms with E-state index in [4.69, 9.17) is 9.15 Å². The van der Waals surface area contributed by atoms with Crippen molar-refractivity contribution in [2.45, 2.75) is 26.3 Å². The minimum absolute atomic E-state index is 0.301. The van der Waals surface area contributed by atoms with Crippen molar-refractivity contribution in [3.8, 4) is 0 Å². The van der Waals surface area contributed by atoms with Crippen LogP contribution in [0, 0.1) is 0 Å². The smallest absolute Gasteiger partial charge is 0.330 e. The highest BCUT2D eigenvalue weighted by molar-refractivity contribution is 5.85. The van der Waals surface area contributed by atoms with Gasteiger partial charge in [-0.15, -0.1) is 0 Å². The number of nitrogens with one attached hydrogen (secondary N) is 1. The van der Waals surface area contributed by atoms with Gasteiger partial charge in [-0.25, -0.2) is 4.79 Å².